The average Bonchev–Trinajstić information content (AvgIpc) is 2.31. The predicted octanol–water partition coefficient (Wildman–Crippen LogP) is 3.18. The molecule has 0 aromatic heterocycles. The van der Waals surface area contributed by atoms with Crippen LogP contribution < -0.4 is 5.32 Å². The van der Waals surface area contributed by atoms with Crippen LogP contribution in [0.15, 0.2) is 18.2 Å². The number of nitrogens with one attached hydrogen (secondary N) is 1. The standard InChI is InChI=1S/C12H12F5NO2/c1-7(18-11(19)20-6-12(15,16)17)5-8-9(13)3-2-4-10(8)14/h2-4,7H,5-6H2,1H3,(H,18,19). The first kappa shape index (κ1) is 16.2. The van der Waals surface area contributed by atoms with Crippen LogP contribution in [0.3, 0.4) is 0 Å². The summed E-state index contributed by atoms with van der Waals surface area (Å²) in [7, 11) is 0. The van der Waals surface area contributed by atoms with Crippen molar-refractivity contribution < 1.29 is 31.5 Å². The summed E-state index contributed by atoms with van der Waals surface area (Å²) in [6, 6.07) is 2.49. The first-order valence-electron chi connectivity index (χ1n) is 5.62. The van der Waals surface area contributed by atoms with Gasteiger partial charge in [0.05, 0.1) is 0 Å². The molecule has 0 radical (unpaired) electrons. The van der Waals surface area contributed by atoms with E-state index in [0.29, 0.717) is 0 Å². The van der Waals surface area contributed by atoms with Crippen LogP contribution in [0.5, 0.6) is 0 Å². The van der Waals surface area contributed by atoms with Crippen molar-refractivity contribution in [2.24, 2.45) is 0 Å². The number of alkyl halides is 3. The molecule has 20 heavy (non-hydrogen) atoms. The molecule has 1 rings (SSSR count). The summed E-state index contributed by atoms with van der Waals surface area (Å²) in [6.45, 7) is -0.333. The van der Waals surface area contributed by atoms with Crippen molar-refractivity contribution in [2.75, 3.05) is 6.61 Å². The third-order valence-electron chi connectivity index (χ3n) is 2.30. The number of benzene rings is 1. The molecule has 0 fully saturated rings. The molecule has 0 saturated carbocycles. The number of alkyl carbamates (subject to hydrolysis) is 1. The van der Waals surface area contributed by atoms with Gasteiger partial charge in [0.2, 0.25) is 0 Å². The van der Waals surface area contributed by atoms with Gasteiger partial charge in [0, 0.05) is 11.6 Å². The molecule has 1 atom stereocenters. The fourth-order valence-electron chi connectivity index (χ4n) is 1.47. The van der Waals surface area contributed by atoms with E-state index < -0.39 is 36.6 Å². The highest BCUT2D eigenvalue weighted by molar-refractivity contribution is 5.67. The Morgan fingerprint density at radius 2 is 1.85 bits per heavy atom. The molecule has 0 spiro atoms. The van der Waals surface area contributed by atoms with E-state index in [2.05, 4.69) is 10.1 Å². The molecular formula is C12H12F5NO2. The minimum atomic E-state index is -4.63. The summed E-state index contributed by atoms with van der Waals surface area (Å²) in [5.41, 5.74) is -0.254. The summed E-state index contributed by atoms with van der Waals surface area (Å²) in [5.74, 6) is -1.58. The Hall–Kier alpha value is -1.86. The maximum absolute atomic E-state index is 13.3. The van der Waals surface area contributed by atoms with Gasteiger partial charge in [0.15, 0.2) is 6.61 Å². The van der Waals surface area contributed by atoms with Crippen molar-refractivity contribution >= 4 is 6.09 Å². The lowest BCUT2D eigenvalue weighted by Gasteiger charge is -2.15. The summed E-state index contributed by atoms with van der Waals surface area (Å²) >= 11 is 0. The quantitative estimate of drug-likeness (QED) is 0.867. The van der Waals surface area contributed by atoms with Gasteiger partial charge in [-0.05, 0) is 25.5 Å². The zero-order chi connectivity index (χ0) is 15.3. The number of carbonyl (C=O) groups excluding carboxylic acids is 1. The first-order chi connectivity index (χ1) is 9.19. The third-order valence-corrected chi connectivity index (χ3v) is 2.30. The van der Waals surface area contributed by atoms with Gasteiger partial charge in [-0.1, -0.05) is 6.07 Å². The molecule has 8 heteroatoms. The fraction of sp³-hybridized carbons (Fsp3) is 0.417. The fourth-order valence-corrected chi connectivity index (χ4v) is 1.47. The smallest absolute Gasteiger partial charge is 0.422 e. The number of hydrogen-bond donors (Lipinski definition) is 1. The number of amides is 1. The first-order valence-corrected chi connectivity index (χ1v) is 5.62. The molecule has 1 aromatic carbocycles. The van der Waals surface area contributed by atoms with Crippen molar-refractivity contribution in [2.45, 2.75) is 25.6 Å². The zero-order valence-corrected chi connectivity index (χ0v) is 10.4. The van der Waals surface area contributed by atoms with Gasteiger partial charge >= 0.3 is 12.3 Å². The molecule has 0 aliphatic heterocycles. The number of halogens is 5. The second-order valence-electron chi connectivity index (χ2n) is 4.14. The summed E-state index contributed by atoms with van der Waals surface area (Å²) in [6.07, 6.45) is -6.13. The lowest BCUT2D eigenvalue weighted by molar-refractivity contribution is -0.160. The van der Waals surface area contributed by atoms with Gasteiger partial charge in [0.25, 0.3) is 0 Å². The van der Waals surface area contributed by atoms with Crippen LogP contribution in [0.25, 0.3) is 0 Å². The van der Waals surface area contributed by atoms with Crippen molar-refractivity contribution in [1.29, 1.82) is 0 Å². The molecule has 1 unspecified atom stereocenters. The molecule has 0 saturated heterocycles. The monoisotopic (exact) mass is 297 g/mol. The highest BCUT2D eigenvalue weighted by Gasteiger charge is 2.29. The highest BCUT2D eigenvalue weighted by atomic mass is 19.4. The number of hydrogen-bond acceptors (Lipinski definition) is 2. The molecule has 1 N–H and O–H groups in total. The van der Waals surface area contributed by atoms with E-state index in [1.807, 2.05) is 0 Å². The molecule has 0 aliphatic rings. The molecule has 0 aliphatic carbocycles. The molecule has 112 valence electrons. The van der Waals surface area contributed by atoms with Crippen LogP contribution in [0.4, 0.5) is 26.7 Å². The Morgan fingerprint density at radius 3 is 2.35 bits per heavy atom. The Balaban J connectivity index is 2.51. The van der Waals surface area contributed by atoms with Gasteiger partial charge in [0.1, 0.15) is 11.6 Å². The molecule has 1 amide bonds. The van der Waals surface area contributed by atoms with Crippen molar-refractivity contribution in [3.63, 3.8) is 0 Å². The maximum atomic E-state index is 13.3. The van der Waals surface area contributed by atoms with Gasteiger partial charge < -0.3 is 10.1 Å². The summed E-state index contributed by atoms with van der Waals surface area (Å²) in [4.78, 5) is 11.0. The lowest BCUT2D eigenvalue weighted by atomic mass is 10.1. The highest BCUT2D eigenvalue weighted by Crippen LogP contribution is 2.15. The van der Waals surface area contributed by atoms with Crippen LogP contribution in [0.1, 0.15) is 12.5 Å². The number of carbonyl (C=O) groups is 1. The molecular weight excluding hydrogens is 285 g/mol. The molecule has 0 heterocycles. The van der Waals surface area contributed by atoms with Crippen LogP contribution in [-0.4, -0.2) is 24.9 Å². The van der Waals surface area contributed by atoms with Gasteiger partial charge in [-0.15, -0.1) is 0 Å². The zero-order valence-electron chi connectivity index (χ0n) is 10.4. The Kier molecular flexibility index (Phi) is 5.29. The van der Waals surface area contributed by atoms with Crippen molar-refractivity contribution in [3.05, 3.63) is 35.4 Å². The minimum absolute atomic E-state index is 0.209. The number of rotatable bonds is 4. The summed E-state index contributed by atoms with van der Waals surface area (Å²) < 4.78 is 66.0. The molecule has 1 aromatic rings. The van der Waals surface area contributed by atoms with E-state index in [1.54, 1.807) is 0 Å². The van der Waals surface area contributed by atoms with Crippen LogP contribution in [0, 0.1) is 11.6 Å². The number of ether oxygens (including phenoxy) is 1. The average molecular weight is 297 g/mol. The van der Waals surface area contributed by atoms with Crippen molar-refractivity contribution in [1.82, 2.24) is 5.32 Å². The van der Waals surface area contributed by atoms with Gasteiger partial charge in [-0.3, -0.25) is 0 Å². The van der Waals surface area contributed by atoms with E-state index in [4.69, 9.17) is 0 Å². The Morgan fingerprint density at radius 1 is 1.30 bits per heavy atom. The summed E-state index contributed by atoms with van der Waals surface area (Å²) in [5, 5.41) is 2.06. The normalized spacial score (nSPS) is 12.9. The second-order valence-corrected chi connectivity index (χ2v) is 4.14. The van der Waals surface area contributed by atoms with E-state index in [-0.39, 0.29) is 12.0 Å². The predicted molar refractivity (Wildman–Crippen MR) is 60.1 cm³/mol. The van der Waals surface area contributed by atoms with E-state index in [1.165, 1.54) is 13.0 Å². The topological polar surface area (TPSA) is 38.3 Å². The SMILES string of the molecule is CC(Cc1c(F)cccc1F)NC(=O)OCC(F)(F)F. The van der Waals surface area contributed by atoms with E-state index >= 15 is 0 Å². The Labute approximate surface area is 111 Å². The minimum Gasteiger partial charge on any atom is -0.440 e. The lowest BCUT2D eigenvalue weighted by Crippen LogP contribution is -2.36. The van der Waals surface area contributed by atoms with Crippen molar-refractivity contribution in [3.8, 4) is 0 Å². The largest absolute Gasteiger partial charge is 0.440 e. The van der Waals surface area contributed by atoms with E-state index in [0.717, 1.165) is 12.1 Å². The van der Waals surface area contributed by atoms with Crippen LogP contribution >= 0.6 is 0 Å². The molecule has 3 nitrogen and oxygen atoms in total. The Bertz CT molecular complexity index is 455. The molecule has 0 bridgehead atoms. The second kappa shape index (κ2) is 6.53. The van der Waals surface area contributed by atoms with Gasteiger partial charge in [-0.2, -0.15) is 13.2 Å². The van der Waals surface area contributed by atoms with Gasteiger partial charge in [-0.25, -0.2) is 13.6 Å². The maximum Gasteiger partial charge on any atom is 0.422 e. The third kappa shape index (κ3) is 5.41. The van der Waals surface area contributed by atoms with Crippen LogP contribution in [0.2, 0.25) is 0 Å². The van der Waals surface area contributed by atoms with E-state index in [9.17, 15) is 26.7 Å². The van der Waals surface area contributed by atoms with Crippen LogP contribution in [-0.2, 0) is 11.2 Å².